The summed E-state index contributed by atoms with van der Waals surface area (Å²) < 4.78 is 5.61. The van der Waals surface area contributed by atoms with Crippen molar-refractivity contribution in [1.29, 1.82) is 0 Å². The summed E-state index contributed by atoms with van der Waals surface area (Å²) in [5.41, 5.74) is 0. The number of esters is 1. The predicted octanol–water partition coefficient (Wildman–Crippen LogP) is 4.30. The van der Waals surface area contributed by atoms with Crippen LogP contribution in [0.3, 0.4) is 0 Å². The van der Waals surface area contributed by atoms with Gasteiger partial charge in [0, 0.05) is 19.5 Å². The second kappa shape index (κ2) is 13.7. The van der Waals surface area contributed by atoms with E-state index in [0.717, 1.165) is 38.8 Å². The summed E-state index contributed by atoms with van der Waals surface area (Å²) in [6.07, 6.45) is 13.6. The number of piperidine rings is 1. The van der Waals surface area contributed by atoms with Gasteiger partial charge in [-0.3, -0.25) is 9.69 Å². The average Bonchev–Trinajstić information content (AvgIpc) is 2.53. The highest BCUT2D eigenvalue weighted by atomic mass is 16.5. The van der Waals surface area contributed by atoms with Crippen molar-refractivity contribution in [3.05, 3.63) is 0 Å². The first-order chi connectivity index (χ1) is 11.6. The first kappa shape index (κ1) is 21.4. The van der Waals surface area contributed by atoms with E-state index < -0.39 is 0 Å². The molecule has 0 aliphatic carbocycles. The van der Waals surface area contributed by atoms with Gasteiger partial charge in [-0.15, -0.1) is 0 Å². The molecule has 142 valence electrons. The molecule has 0 bridgehead atoms. The molecule has 0 aromatic heterocycles. The second-order valence-corrected chi connectivity index (χ2v) is 7.44. The van der Waals surface area contributed by atoms with Crippen molar-refractivity contribution in [1.82, 2.24) is 4.90 Å². The summed E-state index contributed by atoms with van der Waals surface area (Å²) in [6.45, 7) is 6.49. The maximum atomic E-state index is 12.0. The Morgan fingerprint density at radius 1 is 1.12 bits per heavy atom. The molecule has 1 heterocycles. The molecular weight excluding hydrogens is 302 g/mol. The Morgan fingerprint density at radius 3 is 2.38 bits per heavy atom. The van der Waals surface area contributed by atoms with Gasteiger partial charge >= 0.3 is 5.97 Å². The van der Waals surface area contributed by atoms with Crippen molar-refractivity contribution in [2.24, 2.45) is 0 Å². The van der Waals surface area contributed by atoms with Gasteiger partial charge in [0.2, 0.25) is 0 Å². The number of hydrogen-bond donors (Lipinski definition) is 1. The third-order valence-corrected chi connectivity index (χ3v) is 4.77. The maximum Gasteiger partial charge on any atom is 0.306 e. The lowest BCUT2D eigenvalue weighted by molar-refractivity contribution is -0.152. The van der Waals surface area contributed by atoms with E-state index in [0.29, 0.717) is 13.0 Å². The maximum absolute atomic E-state index is 12.0. The molecule has 2 atom stereocenters. The Kier molecular flexibility index (Phi) is 12.2. The average molecular weight is 342 g/mol. The number of unbranched alkanes of at least 4 members (excludes halogenated alkanes) is 8. The van der Waals surface area contributed by atoms with Gasteiger partial charge in [-0.25, -0.2) is 0 Å². The topological polar surface area (TPSA) is 49.8 Å². The Balaban J connectivity index is 1.99. The predicted molar refractivity (Wildman–Crippen MR) is 99.1 cm³/mol. The van der Waals surface area contributed by atoms with E-state index in [9.17, 15) is 9.90 Å². The number of nitrogens with zero attached hydrogens (tertiary/aromatic N) is 1. The zero-order valence-corrected chi connectivity index (χ0v) is 16.0. The molecule has 1 aliphatic rings. The molecule has 0 aromatic rings. The van der Waals surface area contributed by atoms with Crippen LogP contribution in [0.2, 0.25) is 0 Å². The van der Waals surface area contributed by atoms with Crippen LogP contribution in [0.4, 0.5) is 0 Å². The van der Waals surface area contributed by atoms with Gasteiger partial charge in [-0.2, -0.15) is 0 Å². The van der Waals surface area contributed by atoms with E-state index in [1.165, 1.54) is 44.9 Å². The van der Waals surface area contributed by atoms with E-state index in [2.05, 4.69) is 11.8 Å². The van der Waals surface area contributed by atoms with Crippen molar-refractivity contribution in [2.75, 3.05) is 19.6 Å². The Morgan fingerprint density at radius 2 is 1.75 bits per heavy atom. The highest BCUT2D eigenvalue weighted by molar-refractivity contribution is 5.69. The van der Waals surface area contributed by atoms with Crippen LogP contribution >= 0.6 is 0 Å². The highest BCUT2D eigenvalue weighted by Crippen LogP contribution is 2.15. The summed E-state index contributed by atoms with van der Waals surface area (Å²) in [5, 5.41) is 9.47. The van der Waals surface area contributed by atoms with Gasteiger partial charge in [-0.05, 0) is 32.7 Å². The third kappa shape index (κ3) is 11.0. The lowest BCUT2D eigenvalue weighted by atomic mass is 10.1. The number of likely N-dealkylation sites (tertiary alicyclic amines) is 1. The number of ether oxygens (including phenoxy) is 1. The van der Waals surface area contributed by atoms with E-state index >= 15 is 0 Å². The van der Waals surface area contributed by atoms with Gasteiger partial charge in [0.15, 0.2) is 0 Å². The van der Waals surface area contributed by atoms with Crippen LogP contribution in [0.15, 0.2) is 0 Å². The molecule has 24 heavy (non-hydrogen) atoms. The first-order valence-electron chi connectivity index (χ1n) is 10.2. The zero-order valence-electron chi connectivity index (χ0n) is 16.0. The van der Waals surface area contributed by atoms with E-state index in [-0.39, 0.29) is 18.2 Å². The Bertz CT molecular complexity index is 320. The number of aliphatic hydroxyl groups is 1. The smallest absolute Gasteiger partial charge is 0.306 e. The largest absolute Gasteiger partial charge is 0.461 e. The normalized spacial score (nSPS) is 20.0. The van der Waals surface area contributed by atoms with Crippen LogP contribution in [0.5, 0.6) is 0 Å². The molecule has 0 radical (unpaired) electrons. The molecule has 0 saturated carbocycles. The van der Waals surface area contributed by atoms with Crippen molar-refractivity contribution in [3.63, 3.8) is 0 Å². The van der Waals surface area contributed by atoms with Crippen LogP contribution in [0.1, 0.15) is 90.9 Å². The van der Waals surface area contributed by atoms with Crippen molar-refractivity contribution in [2.45, 2.75) is 103 Å². The van der Waals surface area contributed by atoms with Crippen molar-refractivity contribution < 1.29 is 14.6 Å². The van der Waals surface area contributed by atoms with Gasteiger partial charge in [0.1, 0.15) is 6.10 Å². The minimum atomic E-state index is -0.318. The quantitative estimate of drug-likeness (QED) is 0.401. The minimum Gasteiger partial charge on any atom is -0.461 e. The number of carbonyl (C=O) groups excluding carboxylic acids is 1. The van der Waals surface area contributed by atoms with Crippen LogP contribution < -0.4 is 0 Å². The SMILES string of the molecule is CCCCCCCCCCCC(=O)OC1CCCN(CC(C)O)C1. The number of aliphatic hydroxyl groups excluding tert-OH is 1. The van der Waals surface area contributed by atoms with Crippen molar-refractivity contribution in [3.8, 4) is 0 Å². The summed E-state index contributed by atoms with van der Waals surface area (Å²) in [6, 6.07) is 0. The second-order valence-electron chi connectivity index (χ2n) is 7.44. The first-order valence-corrected chi connectivity index (χ1v) is 10.2. The molecule has 0 amide bonds. The van der Waals surface area contributed by atoms with Gasteiger partial charge in [0.05, 0.1) is 6.10 Å². The van der Waals surface area contributed by atoms with Gasteiger partial charge in [-0.1, -0.05) is 58.3 Å². The molecule has 1 rings (SSSR count). The van der Waals surface area contributed by atoms with Gasteiger partial charge < -0.3 is 9.84 Å². The lowest BCUT2D eigenvalue weighted by Crippen LogP contribution is -2.43. The Hall–Kier alpha value is -0.610. The summed E-state index contributed by atoms with van der Waals surface area (Å²) in [7, 11) is 0. The molecule has 0 aromatic carbocycles. The molecular formula is C20H39NO3. The van der Waals surface area contributed by atoms with Crippen LogP contribution in [0.25, 0.3) is 0 Å². The summed E-state index contributed by atoms with van der Waals surface area (Å²) >= 11 is 0. The van der Waals surface area contributed by atoms with E-state index in [1.807, 2.05) is 0 Å². The molecule has 1 aliphatic heterocycles. The standard InChI is InChI=1S/C20H39NO3/c1-3-4-5-6-7-8-9-10-11-14-20(23)24-19-13-12-15-21(17-19)16-18(2)22/h18-19,22H,3-17H2,1-2H3. The molecule has 4 nitrogen and oxygen atoms in total. The van der Waals surface area contributed by atoms with E-state index in [1.54, 1.807) is 6.92 Å². The van der Waals surface area contributed by atoms with Gasteiger partial charge in [0.25, 0.3) is 0 Å². The third-order valence-electron chi connectivity index (χ3n) is 4.77. The number of carbonyl (C=O) groups is 1. The Labute approximate surface area is 148 Å². The summed E-state index contributed by atoms with van der Waals surface area (Å²) in [4.78, 5) is 14.2. The van der Waals surface area contributed by atoms with Crippen LogP contribution in [0, 0.1) is 0 Å². The zero-order chi connectivity index (χ0) is 17.6. The highest BCUT2D eigenvalue weighted by Gasteiger charge is 2.23. The number of β-amino-alcohol motifs (C(OH)–C–C–N with tert-alkyl or cyclic N) is 1. The molecule has 0 spiro atoms. The lowest BCUT2D eigenvalue weighted by Gasteiger charge is -2.32. The summed E-state index contributed by atoms with van der Waals surface area (Å²) in [5.74, 6) is -0.0400. The molecule has 1 saturated heterocycles. The fourth-order valence-electron chi connectivity index (χ4n) is 3.47. The minimum absolute atomic E-state index is 0.0172. The number of hydrogen-bond acceptors (Lipinski definition) is 4. The molecule has 2 unspecified atom stereocenters. The monoisotopic (exact) mass is 341 g/mol. The molecule has 4 heteroatoms. The number of rotatable bonds is 13. The van der Waals surface area contributed by atoms with Crippen molar-refractivity contribution >= 4 is 5.97 Å². The van der Waals surface area contributed by atoms with Crippen LogP contribution in [-0.4, -0.2) is 47.8 Å². The molecule has 1 fully saturated rings. The fourth-order valence-corrected chi connectivity index (χ4v) is 3.47. The van der Waals surface area contributed by atoms with Crippen LogP contribution in [-0.2, 0) is 9.53 Å². The van der Waals surface area contributed by atoms with E-state index in [4.69, 9.17) is 4.74 Å². The fraction of sp³-hybridized carbons (Fsp3) is 0.950. The molecule has 1 N–H and O–H groups in total.